The fraction of sp³-hybridized carbons (Fsp3) is 0.0526. The highest BCUT2D eigenvalue weighted by Gasteiger charge is 2.12. The van der Waals surface area contributed by atoms with Crippen molar-refractivity contribution in [3.8, 4) is 5.69 Å². The van der Waals surface area contributed by atoms with Gasteiger partial charge in [-0.1, -0.05) is 54.0 Å². The van der Waals surface area contributed by atoms with Gasteiger partial charge in [0.25, 0.3) is 0 Å². The predicted octanol–water partition coefficient (Wildman–Crippen LogP) is 3.89. The monoisotopic (exact) mass is 267 g/mol. The molecule has 4 rings (SSSR count). The molecule has 0 unspecified atom stereocenters. The highest BCUT2D eigenvalue weighted by atomic mass is 15.0. The fourth-order valence-electron chi connectivity index (χ4n) is 3.11. The van der Waals surface area contributed by atoms with Crippen LogP contribution in [0.3, 0.4) is 0 Å². The van der Waals surface area contributed by atoms with E-state index in [0.717, 1.165) is 5.46 Å². The largest absolute Gasteiger partial charge is 0.309 e. The lowest BCUT2D eigenvalue weighted by Crippen LogP contribution is -2.05. The second kappa shape index (κ2) is 4.52. The zero-order valence-corrected chi connectivity index (χ0v) is 11.9. The van der Waals surface area contributed by atoms with Gasteiger partial charge in [0.2, 0.25) is 0 Å². The van der Waals surface area contributed by atoms with Crippen molar-refractivity contribution >= 4 is 35.1 Å². The molecule has 0 saturated heterocycles. The Balaban J connectivity index is 2.20. The third kappa shape index (κ3) is 1.79. The Hall–Kier alpha value is -2.48. The van der Waals surface area contributed by atoms with Gasteiger partial charge in [0, 0.05) is 16.5 Å². The highest BCUT2D eigenvalue weighted by molar-refractivity contribution is 6.32. The van der Waals surface area contributed by atoms with Crippen LogP contribution in [0.15, 0.2) is 66.7 Å². The van der Waals surface area contributed by atoms with Gasteiger partial charge >= 0.3 is 0 Å². The lowest BCUT2D eigenvalue weighted by molar-refractivity contribution is 1.15. The molecule has 0 fully saturated rings. The molecule has 0 spiro atoms. The molecule has 0 aliphatic rings. The zero-order valence-electron chi connectivity index (χ0n) is 11.9. The van der Waals surface area contributed by atoms with Gasteiger partial charge in [0.1, 0.15) is 7.85 Å². The van der Waals surface area contributed by atoms with Gasteiger partial charge in [-0.25, -0.2) is 0 Å². The van der Waals surface area contributed by atoms with Gasteiger partial charge in [0.05, 0.1) is 11.0 Å². The van der Waals surface area contributed by atoms with Crippen LogP contribution >= 0.6 is 0 Å². The molecule has 0 aliphatic carbocycles. The van der Waals surface area contributed by atoms with E-state index in [1.54, 1.807) is 0 Å². The van der Waals surface area contributed by atoms with Crippen LogP contribution in [-0.2, 0) is 0 Å². The van der Waals surface area contributed by atoms with E-state index in [1.807, 2.05) is 12.1 Å². The summed E-state index contributed by atoms with van der Waals surface area (Å²) in [7, 11) is 5.90. The van der Waals surface area contributed by atoms with Gasteiger partial charge in [-0.15, -0.1) is 0 Å². The van der Waals surface area contributed by atoms with Crippen molar-refractivity contribution in [3.63, 3.8) is 0 Å². The standard InChI is InChI=1S/C19H14BN/c1-13-12-14(20)10-11-17(13)21-18-8-4-2-6-15(18)16-7-3-5-9-19(16)21/h2-12H,1H3. The predicted molar refractivity (Wildman–Crippen MR) is 90.9 cm³/mol. The number of para-hydroxylation sites is 2. The summed E-state index contributed by atoms with van der Waals surface area (Å²) < 4.78 is 2.32. The van der Waals surface area contributed by atoms with Crippen LogP contribution in [-0.4, -0.2) is 12.4 Å². The number of aryl methyl sites for hydroxylation is 1. The molecule has 2 radical (unpaired) electrons. The van der Waals surface area contributed by atoms with Crippen molar-refractivity contribution in [1.82, 2.24) is 4.57 Å². The van der Waals surface area contributed by atoms with E-state index < -0.39 is 0 Å². The number of hydrogen-bond donors (Lipinski definition) is 0. The maximum Gasteiger partial charge on any atom is 0.113 e. The van der Waals surface area contributed by atoms with Crippen molar-refractivity contribution < 1.29 is 0 Å². The Labute approximate surface area is 125 Å². The Bertz CT molecular complexity index is 913. The molecule has 3 aromatic carbocycles. The normalized spacial score (nSPS) is 11.3. The third-order valence-electron chi connectivity index (χ3n) is 4.04. The Kier molecular flexibility index (Phi) is 2.65. The lowest BCUT2D eigenvalue weighted by Gasteiger charge is -2.11. The topological polar surface area (TPSA) is 4.93 Å². The quantitative estimate of drug-likeness (QED) is 0.461. The summed E-state index contributed by atoms with van der Waals surface area (Å²) in [5, 5.41) is 2.56. The van der Waals surface area contributed by atoms with Gasteiger partial charge < -0.3 is 4.57 Å². The van der Waals surface area contributed by atoms with Crippen molar-refractivity contribution in [2.75, 3.05) is 0 Å². The molecule has 0 amide bonds. The molecule has 2 heteroatoms. The number of aromatic nitrogens is 1. The highest BCUT2D eigenvalue weighted by Crippen LogP contribution is 2.32. The van der Waals surface area contributed by atoms with Crippen LogP contribution in [0.1, 0.15) is 5.56 Å². The van der Waals surface area contributed by atoms with Gasteiger partial charge in [-0.3, -0.25) is 0 Å². The number of rotatable bonds is 1. The van der Waals surface area contributed by atoms with Crippen LogP contribution in [0, 0.1) is 6.92 Å². The third-order valence-corrected chi connectivity index (χ3v) is 4.04. The van der Waals surface area contributed by atoms with Crippen molar-refractivity contribution in [2.45, 2.75) is 6.92 Å². The van der Waals surface area contributed by atoms with Crippen LogP contribution in [0.5, 0.6) is 0 Å². The fourth-order valence-corrected chi connectivity index (χ4v) is 3.11. The van der Waals surface area contributed by atoms with Crippen molar-refractivity contribution in [2.24, 2.45) is 0 Å². The van der Waals surface area contributed by atoms with Crippen molar-refractivity contribution in [3.05, 3.63) is 72.3 Å². The van der Waals surface area contributed by atoms with E-state index in [4.69, 9.17) is 7.85 Å². The minimum Gasteiger partial charge on any atom is -0.309 e. The second-order valence-corrected chi connectivity index (χ2v) is 5.42. The molecule has 0 aliphatic heterocycles. The minimum atomic E-state index is 0.803. The van der Waals surface area contributed by atoms with Gasteiger partial charge in [-0.2, -0.15) is 0 Å². The Morgan fingerprint density at radius 1 is 0.762 bits per heavy atom. The van der Waals surface area contributed by atoms with Gasteiger partial charge in [-0.05, 0) is 30.7 Å². The zero-order chi connectivity index (χ0) is 14.4. The first-order valence-electron chi connectivity index (χ1n) is 7.10. The number of nitrogens with zero attached hydrogens (tertiary/aromatic N) is 1. The molecule has 0 saturated carbocycles. The van der Waals surface area contributed by atoms with Crippen LogP contribution in [0.2, 0.25) is 0 Å². The minimum absolute atomic E-state index is 0.803. The molecule has 98 valence electrons. The molecule has 0 bridgehead atoms. The molecule has 4 aromatic rings. The maximum atomic E-state index is 5.90. The summed E-state index contributed by atoms with van der Waals surface area (Å²) >= 11 is 0. The van der Waals surface area contributed by atoms with E-state index in [-0.39, 0.29) is 0 Å². The first kappa shape index (κ1) is 12.3. The van der Waals surface area contributed by atoms with Gasteiger partial charge in [0.15, 0.2) is 0 Å². The van der Waals surface area contributed by atoms with E-state index in [2.05, 4.69) is 66.1 Å². The summed E-state index contributed by atoms with van der Waals surface area (Å²) in [6.45, 7) is 2.11. The number of benzene rings is 3. The number of hydrogen-bond acceptors (Lipinski definition) is 0. The van der Waals surface area contributed by atoms with Crippen LogP contribution < -0.4 is 5.46 Å². The average Bonchev–Trinajstić information content (AvgIpc) is 2.82. The second-order valence-electron chi connectivity index (χ2n) is 5.42. The molecule has 1 aromatic heterocycles. The summed E-state index contributed by atoms with van der Waals surface area (Å²) in [6, 6.07) is 23.2. The molecular weight excluding hydrogens is 253 g/mol. The number of fused-ring (bicyclic) bond motifs is 3. The maximum absolute atomic E-state index is 5.90. The van der Waals surface area contributed by atoms with E-state index in [1.165, 1.54) is 33.1 Å². The Morgan fingerprint density at radius 3 is 1.90 bits per heavy atom. The summed E-state index contributed by atoms with van der Waals surface area (Å²) in [6.07, 6.45) is 0. The molecule has 0 N–H and O–H groups in total. The molecule has 1 heterocycles. The van der Waals surface area contributed by atoms with Crippen LogP contribution in [0.25, 0.3) is 27.5 Å². The van der Waals surface area contributed by atoms with E-state index in [9.17, 15) is 0 Å². The van der Waals surface area contributed by atoms with E-state index >= 15 is 0 Å². The summed E-state index contributed by atoms with van der Waals surface area (Å²) in [5.41, 5.74) is 5.62. The van der Waals surface area contributed by atoms with E-state index in [0.29, 0.717) is 0 Å². The smallest absolute Gasteiger partial charge is 0.113 e. The average molecular weight is 267 g/mol. The molecular formula is C19H14BN. The van der Waals surface area contributed by atoms with Crippen LogP contribution in [0.4, 0.5) is 0 Å². The molecule has 1 nitrogen and oxygen atoms in total. The lowest BCUT2D eigenvalue weighted by atomic mass is 9.94. The summed E-state index contributed by atoms with van der Waals surface area (Å²) in [4.78, 5) is 0. The summed E-state index contributed by atoms with van der Waals surface area (Å²) in [5.74, 6) is 0. The molecule has 0 atom stereocenters. The Morgan fingerprint density at radius 2 is 1.33 bits per heavy atom. The van der Waals surface area contributed by atoms with Crippen molar-refractivity contribution in [1.29, 1.82) is 0 Å². The SMILES string of the molecule is [B]c1ccc(-n2c3ccccc3c3ccccc32)c(C)c1. The first-order valence-corrected chi connectivity index (χ1v) is 7.10. The molecule has 21 heavy (non-hydrogen) atoms. The first-order chi connectivity index (χ1) is 10.3.